The largest absolute Gasteiger partial charge is 0.381 e. The highest BCUT2D eigenvalue weighted by atomic mass is 32.2. The average molecular weight is 415 g/mol. The zero-order valence-corrected chi connectivity index (χ0v) is 16.8. The van der Waals surface area contributed by atoms with E-state index in [-0.39, 0.29) is 17.6 Å². The van der Waals surface area contributed by atoms with Crippen LogP contribution in [0, 0.1) is 5.82 Å². The lowest BCUT2D eigenvalue weighted by atomic mass is 10.0. The van der Waals surface area contributed by atoms with Crippen LogP contribution < -0.4 is 5.32 Å². The van der Waals surface area contributed by atoms with Crippen molar-refractivity contribution in [3.63, 3.8) is 0 Å². The number of ether oxygens (including phenoxy) is 1. The van der Waals surface area contributed by atoms with Gasteiger partial charge in [-0.25, -0.2) is 22.1 Å². The van der Waals surface area contributed by atoms with E-state index in [0.717, 1.165) is 25.5 Å². The van der Waals surface area contributed by atoms with Crippen LogP contribution >= 0.6 is 0 Å². The van der Waals surface area contributed by atoms with E-state index in [1.807, 2.05) is 0 Å². The van der Waals surface area contributed by atoms with Gasteiger partial charge in [-0.3, -0.25) is 9.69 Å². The third kappa shape index (κ3) is 5.47. The number of nitrogens with zero attached hydrogens (tertiary/aromatic N) is 3. The maximum absolute atomic E-state index is 12.9. The van der Waals surface area contributed by atoms with Gasteiger partial charge in [-0.2, -0.15) is 0 Å². The highest BCUT2D eigenvalue weighted by Crippen LogP contribution is 2.24. The van der Waals surface area contributed by atoms with Gasteiger partial charge in [-0.1, -0.05) is 0 Å². The van der Waals surface area contributed by atoms with Gasteiger partial charge in [0.25, 0.3) is 5.91 Å². The van der Waals surface area contributed by atoms with E-state index >= 15 is 0 Å². The van der Waals surface area contributed by atoms with E-state index in [0.29, 0.717) is 45.4 Å². The number of aromatic nitrogens is 1. The van der Waals surface area contributed by atoms with Gasteiger partial charge in [0.2, 0.25) is 10.0 Å². The number of carbonyl (C=O) groups is 1. The van der Waals surface area contributed by atoms with Crippen molar-refractivity contribution >= 4 is 15.9 Å². The van der Waals surface area contributed by atoms with Gasteiger partial charge < -0.3 is 10.1 Å². The Bertz CT molecular complexity index is 768. The van der Waals surface area contributed by atoms with Crippen LogP contribution in [0.5, 0.6) is 0 Å². The summed E-state index contributed by atoms with van der Waals surface area (Å²) in [6, 6.07) is 2.98. The normalized spacial score (nSPS) is 21.9. The Balaban J connectivity index is 1.59. The molecule has 156 valence electrons. The first kappa shape index (κ1) is 21.1. The molecule has 3 rings (SSSR count). The number of rotatable bonds is 7. The molecule has 0 saturated carbocycles. The number of carbonyl (C=O) groups excluding carboxylic acids is 1. The summed E-state index contributed by atoms with van der Waals surface area (Å²) in [5.41, 5.74) is 0.170. The number of halogens is 1. The lowest BCUT2D eigenvalue weighted by Crippen LogP contribution is -2.50. The van der Waals surface area contributed by atoms with Crippen molar-refractivity contribution in [2.24, 2.45) is 0 Å². The second kappa shape index (κ2) is 9.25. The molecule has 3 heterocycles. The molecule has 10 heteroatoms. The summed E-state index contributed by atoms with van der Waals surface area (Å²) in [6.45, 7) is 3.40. The lowest BCUT2D eigenvalue weighted by molar-refractivity contribution is 0.0194. The molecule has 1 aromatic rings. The molecule has 0 radical (unpaired) electrons. The smallest absolute Gasteiger partial charge is 0.269 e. The molecular weight excluding hydrogens is 387 g/mol. The van der Waals surface area contributed by atoms with Crippen molar-refractivity contribution in [1.29, 1.82) is 0 Å². The fraction of sp³-hybridized carbons (Fsp3) is 0.667. The Morgan fingerprint density at radius 3 is 2.68 bits per heavy atom. The van der Waals surface area contributed by atoms with E-state index in [9.17, 15) is 17.6 Å². The Morgan fingerprint density at radius 1 is 1.32 bits per heavy atom. The van der Waals surface area contributed by atoms with Crippen LogP contribution in [-0.4, -0.2) is 86.2 Å². The first-order chi connectivity index (χ1) is 13.3. The molecule has 1 N–H and O–H groups in total. The standard InChI is InChI=1S/C18H27FN4O4S/c1-28(25,26)22-8-4-16(13-22)23(15-5-10-27-11-6-15)9-7-20-18(24)17-3-2-14(19)12-21-17/h2-3,12,15-16H,4-11,13H2,1H3,(H,20,24). The number of nitrogens with one attached hydrogen (secondary N) is 1. The third-order valence-corrected chi connectivity index (χ3v) is 6.61. The van der Waals surface area contributed by atoms with Crippen molar-refractivity contribution in [2.75, 3.05) is 45.6 Å². The van der Waals surface area contributed by atoms with Crippen molar-refractivity contribution in [3.8, 4) is 0 Å². The van der Waals surface area contributed by atoms with E-state index in [2.05, 4.69) is 15.2 Å². The third-order valence-electron chi connectivity index (χ3n) is 5.34. The molecule has 1 aromatic heterocycles. The number of sulfonamides is 1. The maximum atomic E-state index is 12.9. The molecule has 1 unspecified atom stereocenters. The number of amides is 1. The van der Waals surface area contributed by atoms with Crippen LogP contribution in [-0.2, 0) is 14.8 Å². The van der Waals surface area contributed by atoms with Gasteiger partial charge >= 0.3 is 0 Å². The van der Waals surface area contributed by atoms with Crippen molar-refractivity contribution < 1.29 is 22.3 Å². The van der Waals surface area contributed by atoms with Crippen LogP contribution in [0.15, 0.2) is 18.3 Å². The Morgan fingerprint density at radius 2 is 2.07 bits per heavy atom. The topological polar surface area (TPSA) is 91.8 Å². The van der Waals surface area contributed by atoms with Gasteiger partial charge in [0.1, 0.15) is 11.5 Å². The number of hydrogen-bond donors (Lipinski definition) is 1. The molecule has 2 fully saturated rings. The summed E-state index contributed by atoms with van der Waals surface area (Å²) in [6.07, 6.45) is 4.81. The summed E-state index contributed by atoms with van der Waals surface area (Å²) in [5, 5.41) is 2.82. The highest BCUT2D eigenvalue weighted by molar-refractivity contribution is 7.88. The summed E-state index contributed by atoms with van der Waals surface area (Å²) in [4.78, 5) is 18.3. The molecule has 0 spiro atoms. The average Bonchev–Trinajstić information content (AvgIpc) is 3.16. The first-order valence-corrected chi connectivity index (χ1v) is 11.4. The highest BCUT2D eigenvalue weighted by Gasteiger charge is 2.35. The predicted octanol–water partition coefficient (Wildman–Crippen LogP) is 0.465. The molecule has 0 aromatic carbocycles. The van der Waals surface area contributed by atoms with Crippen molar-refractivity contribution in [3.05, 3.63) is 29.8 Å². The number of hydrogen-bond acceptors (Lipinski definition) is 6. The van der Waals surface area contributed by atoms with Gasteiger partial charge in [0, 0.05) is 51.5 Å². The summed E-state index contributed by atoms with van der Waals surface area (Å²) >= 11 is 0. The lowest BCUT2D eigenvalue weighted by Gasteiger charge is -2.38. The zero-order chi connectivity index (χ0) is 20.1. The fourth-order valence-corrected chi connectivity index (χ4v) is 4.74. The molecule has 2 saturated heterocycles. The minimum atomic E-state index is -3.20. The molecule has 1 amide bonds. The van der Waals surface area contributed by atoms with E-state index in [4.69, 9.17) is 4.74 Å². The monoisotopic (exact) mass is 414 g/mol. The van der Waals surface area contributed by atoms with E-state index < -0.39 is 15.8 Å². The fourth-order valence-electron chi connectivity index (χ4n) is 3.86. The Kier molecular flexibility index (Phi) is 6.97. The quantitative estimate of drug-likeness (QED) is 0.697. The second-order valence-electron chi connectivity index (χ2n) is 7.26. The summed E-state index contributed by atoms with van der Waals surface area (Å²) < 4.78 is 43.6. The van der Waals surface area contributed by atoms with Crippen LogP contribution in [0.3, 0.4) is 0 Å². The van der Waals surface area contributed by atoms with Gasteiger partial charge in [-0.15, -0.1) is 0 Å². The second-order valence-corrected chi connectivity index (χ2v) is 9.24. The maximum Gasteiger partial charge on any atom is 0.269 e. The molecule has 2 aliphatic rings. The SMILES string of the molecule is CS(=O)(=O)N1CCC(N(CCNC(=O)c2ccc(F)cn2)C2CCOCC2)C1. The molecule has 0 aliphatic carbocycles. The molecule has 2 aliphatic heterocycles. The molecule has 8 nitrogen and oxygen atoms in total. The van der Waals surface area contributed by atoms with Crippen LogP contribution in [0.1, 0.15) is 29.8 Å². The molecule has 1 atom stereocenters. The van der Waals surface area contributed by atoms with Crippen LogP contribution in [0.2, 0.25) is 0 Å². The van der Waals surface area contributed by atoms with E-state index in [1.54, 1.807) is 0 Å². The zero-order valence-electron chi connectivity index (χ0n) is 16.0. The van der Waals surface area contributed by atoms with Crippen LogP contribution in [0.4, 0.5) is 4.39 Å². The van der Waals surface area contributed by atoms with Gasteiger partial charge in [0.15, 0.2) is 0 Å². The number of pyridine rings is 1. The van der Waals surface area contributed by atoms with Crippen molar-refractivity contribution in [1.82, 2.24) is 19.5 Å². The predicted molar refractivity (Wildman–Crippen MR) is 102 cm³/mol. The molecule has 28 heavy (non-hydrogen) atoms. The molecule has 0 bridgehead atoms. The van der Waals surface area contributed by atoms with Crippen LogP contribution in [0.25, 0.3) is 0 Å². The Labute approximate surface area is 165 Å². The first-order valence-electron chi connectivity index (χ1n) is 9.53. The Hall–Kier alpha value is -1.62. The minimum absolute atomic E-state index is 0.124. The summed E-state index contributed by atoms with van der Waals surface area (Å²) in [5.74, 6) is -0.838. The van der Waals surface area contributed by atoms with E-state index in [1.165, 1.54) is 22.7 Å². The van der Waals surface area contributed by atoms with Gasteiger partial charge in [-0.05, 0) is 31.4 Å². The summed E-state index contributed by atoms with van der Waals surface area (Å²) in [7, 11) is -3.20. The van der Waals surface area contributed by atoms with Crippen molar-refractivity contribution in [2.45, 2.75) is 31.3 Å². The van der Waals surface area contributed by atoms with Gasteiger partial charge in [0.05, 0.1) is 12.5 Å². The molecular formula is C18H27FN4O4S. The minimum Gasteiger partial charge on any atom is -0.381 e.